The zero-order valence-electron chi connectivity index (χ0n) is 10.4. The molecule has 0 saturated heterocycles. The molecule has 0 amide bonds. The number of carbonyl (C=O) groups is 2. The van der Waals surface area contributed by atoms with Gasteiger partial charge >= 0.3 is 11.9 Å². The van der Waals surface area contributed by atoms with Gasteiger partial charge in [0.15, 0.2) is 0 Å². The third-order valence-electron chi connectivity index (χ3n) is 2.21. The van der Waals surface area contributed by atoms with E-state index in [4.69, 9.17) is 33.4 Å². The number of hydrogen-bond acceptors (Lipinski definition) is 2. The molecule has 115 valence electrons. The predicted octanol–water partition coefficient (Wildman–Crippen LogP) is 4.07. The maximum absolute atomic E-state index is 10.3. The number of carboxylic acid groups (broad SMARTS) is 2. The summed E-state index contributed by atoms with van der Waals surface area (Å²) < 4.78 is 0. The van der Waals surface area contributed by atoms with E-state index in [1.54, 1.807) is 36.4 Å². The van der Waals surface area contributed by atoms with Crippen LogP contribution in [0.2, 0.25) is 10.0 Å². The summed E-state index contributed by atoms with van der Waals surface area (Å²) in [5.74, 6) is -1.99. The first-order valence-corrected chi connectivity index (χ1v) is 6.14. The zero-order valence-corrected chi connectivity index (χ0v) is 12.8. The maximum atomic E-state index is 10.3. The van der Waals surface area contributed by atoms with Crippen LogP contribution in [-0.4, -0.2) is 22.2 Å². The maximum Gasteiger partial charge on any atom is 0.337 e. The number of rotatable bonds is 2. The van der Waals surface area contributed by atoms with Gasteiger partial charge in [-0.25, -0.2) is 9.59 Å². The summed E-state index contributed by atoms with van der Waals surface area (Å²) in [4.78, 5) is 20.7. The summed E-state index contributed by atoms with van der Waals surface area (Å²) in [5.41, 5.74) is 0.285. The first-order chi connectivity index (χ1) is 9.43. The van der Waals surface area contributed by atoms with Crippen molar-refractivity contribution in [3.63, 3.8) is 0 Å². The number of aromatic carboxylic acids is 2. The standard InChI is InChI=1S/2C7H5ClO2.Cu/c2*8-6-4-2-1-3-5(6)7(9)10;/h2*1-4H,(H,9,10);. The number of benzene rings is 2. The van der Waals surface area contributed by atoms with E-state index in [0.717, 1.165) is 0 Å². The topological polar surface area (TPSA) is 74.6 Å². The summed E-state index contributed by atoms with van der Waals surface area (Å²) in [6.45, 7) is 0. The first-order valence-electron chi connectivity index (χ1n) is 5.39. The second-order valence-electron chi connectivity index (χ2n) is 3.57. The third-order valence-corrected chi connectivity index (χ3v) is 2.87. The van der Waals surface area contributed by atoms with Gasteiger partial charge in [-0.1, -0.05) is 47.5 Å². The van der Waals surface area contributed by atoms with Crippen molar-refractivity contribution in [3.05, 3.63) is 69.7 Å². The van der Waals surface area contributed by atoms with Crippen LogP contribution in [0.3, 0.4) is 0 Å². The largest absolute Gasteiger partial charge is 0.478 e. The third kappa shape index (κ3) is 6.19. The Hall–Kier alpha value is -1.52. The van der Waals surface area contributed by atoms with Crippen molar-refractivity contribution >= 4 is 35.1 Å². The molecule has 2 N–H and O–H groups in total. The van der Waals surface area contributed by atoms with Crippen molar-refractivity contribution in [3.8, 4) is 0 Å². The quantitative estimate of drug-likeness (QED) is 0.775. The summed E-state index contributed by atoms with van der Waals surface area (Å²) in [7, 11) is 0. The van der Waals surface area contributed by atoms with Crippen molar-refractivity contribution in [2.75, 3.05) is 0 Å². The molecule has 2 aromatic rings. The fraction of sp³-hybridized carbons (Fsp3) is 0. The monoisotopic (exact) mass is 375 g/mol. The van der Waals surface area contributed by atoms with Crippen LogP contribution in [0.1, 0.15) is 20.7 Å². The predicted molar refractivity (Wildman–Crippen MR) is 76.8 cm³/mol. The molecule has 4 nitrogen and oxygen atoms in total. The second kappa shape index (κ2) is 9.42. The minimum absolute atomic E-state index is 0. The summed E-state index contributed by atoms with van der Waals surface area (Å²) in [6.07, 6.45) is 0. The van der Waals surface area contributed by atoms with Gasteiger partial charge in [-0.3, -0.25) is 0 Å². The average Bonchev–Trinajstić information content (AvgIpc) is 2.40. The van der Waals surface area contributed by atoms with E-state index < -0.39 is 11.9 Å². The number of hydrogen-bond donors (Lipinski definition) is 2. The molecule has 0 aromatic heterocycles. The molecule has 0 atom stereocenters. The molecule has 2 aromatic carbocycles. The van der Waals surface area contributed by atoms with Crippen LogP contribution in [0.25, 0.3) is 0 Å². The van der Waals surface area contributed by atoms with Gasteiger partial charge in [-0.15, -0.1) is 0 Å². The van der Waals surface area contributed by atoms with Gasteiger partial charge in [0, 0.05) is 17.1 Å². The van der Waals surface area contributed by atoms with Crippen molar-refractivity contribution in [1.29, 1.82) is 0 Å². The van der Waals surface area contributed by atoms with Gasteiger partial charge in [0.25, 0.3) is 0 Å². The molecule has 0 saturated carbocycles. The summed E-state index contributed by atoms with van der Waals surface area (Å²) in [5, 5.41) is 17.5. The molecule has 7 heteroatoms. The Kier molecular flexibility index (Phi) is 8.74. The van der Waals surface area contributed by atoms with Crippen LogP contribution in [-0.2, 0) is 17.1 Å². The van der Waals surface area contributed by atoms with Gasteiger partial charge in [0.1, 0.15) is 0 Å². The van der Waals surface area contributed by atoms with Crippen LogP contribution in [0.5, 0.6) is 0 Å². The second-order valence-corrected chi connectivity index (χ2v) is 4.38. The molecule has 0 aliphatic rings. The summed E-state index contributed by atoms with van der Waals surface area (Å²) >= 11 is 11.1. The Morgan fingerprint density at radius 3 is 1.19 bits per heavy atom. The smallest absolute Gasteiger partial charge is 0.337 e. The van der Waals surface area contributed by atoms with Crippen molar-refractivity contribution < 1.29 is 36.9 Å². The first kappa shape index (κ1) is 19.5. The SMILES string of the molecule is O=C(O)c1ccccc1Cl.O=C(O)c1ccccc1Cl.[Cu]. The molecule has 0 aliphatic heterocycles. The molecule has 0 unspecified atom stereocenters. The summed E-state index contributed by atoms with van der Waals surface area (Å²) in [6, 6.07) is 12.7. The van der Waals surface area contributed by atoms with Gasteiger partial charge in [-0.05, 0) is 24.3 Å². The van der Waals surface area contributed by atoms with Crippen molar-refractivity contribution in [1.82, 2.24) is 0 Å². The minimum atomic E-state index is -0.995. The molecule has 0 bridgehead atoms. The van der Waals surface area contributed by atoms with Gasteiger partial charge in [0.2, 0.25) is 0 Å². The molecule has 0 spiro atoms. The van der Waals surface area contributed by atoms with Crippen LogP contribution in [0, 0.1) is 0 Å². The Morgan fingerprint density at radius 2 is 1.00 bits per heavy atom. The van der Waals surface area contributed by atoms with Crippen molar-refractivity contribution in [2.45, 2.75) is 0 Å². The molecular formula is C14H10Cl2CuO4. The molecule has 1 radical (unpaired) electrons. The minimum Gasteiger partial charge on any atom is -0.478 e. The number of halogens is 2. The van der Waals surface area contributed by atoms with E-state index in [0.29, 0.717) is 0 Å². The molecule has 21 heavy (non-hydrogen) atoms. The molecular weight excluding hydrogens is 367 g/mol. The molecule has 0 heterocycles. The van der Waals surface area contributed by atoms with Gasteiger partial charge in [-0.2, -0.15) is 0 Å². The van der Waals surface area contributed by atoms with Gasteiger partial charge < -0.3 is 10.2 Å². The molecule has 0 aliphatic carbocycles. The normalized spacial score (nSPS) is 8.86. The number of carboxylic acids is 2. The molecule has 2 rings (SSSR count). The van der Waals surface area contributed by atoms with E-state index in [1.165, 1.54) is 12.1 Å². The average molecular weight is 377 g/mol. The van der Waals surface area contributed by atoms with E-state index in [1.807, 2.05) is 0 Å². The Bertz CT molecular complexity index is 576. The van der Waals surface area contributed by atoms with Crippen molar-refractivity contribution in [2.24, 2.45) is 0 Å². The fourth-order valence-electron chi connectivity index (χ4n) is 1.27. The van der Waals surface area contributed by atoms with Crippen LogP contribution < -0.4 is 0 Å². The molecule has 0 fully saturated rings. The van der Waals surface area contributed by atoms with Crippen LogP contribution >= 0.6 is 23.2 Å². The zero-order chi connectivity index (χ0) is 15.1. The van der Waals surface area contributed by atoms with E-state index in [-0.39, 0.29) is 38.2 Å². The van der Waals surface area contributed by atoms with Gasteiger partial charge in [0.05, 0.1) is 21.2 Å². The fourth-order valence-corrected chi connectivity index (χ4v) is 1.70. The van der Waals surface area contributed by atoms with E-state index >= 15 is 0 Å². The Morgan fingerprint density at radius 1 is 0.714 bits per heavy atom. The van der Waals surface area contributed by atoms with E-state index in [2.05, 4.69) is 0 Å². The Balaban J connectivity index is 0.000000364. The van der Waals surface area contributed by atoms with E-state index in [9.17, 15) is 9.59 Å². The Labute approximate surface area is 141 Å². The van der Waals surface area contributed by atoms with Crippen LogP contribution in [0.4, 0.5) is 0 Å². The van der Waals surface area contributed by atoms with Crippen LogP contribution in [0.15, 0.2) is 48.5 Å².